The van der Waals surface area contributed by atoms with E-state index in [4.69, 9.17) is 0 Å². The van der Waals surface area contributed by atoms with Gasteiger partial charge in [0.1, 0.15) is 5.82 Å². The van der Waals surface area contributed by atoms with Crippen LogP contribution in [0.5, 0.6) is 0 Å². The van der Waals surface area contributed by atoms with Crippen molar-refractivity contribution < 1.29 is 0 Å². The van der Waals surface area contributed by atoms with Crippen LogP contribution in [-0.4, -0.2) is 19.6 Å². The molecule has 0 amide bonds. The summed E-state index contributed by atoms with van der Waals surface area (Å²) < 4.78 is 1.67. The molecule has 0 unspecified atom stereocenters. The van der Waals surface area contributed by atoms with E-state index in [1.165, 1.54) is 0 Å². The first-order valence-electron chi connectivity index (χ1n) is 5.68. The summed E-state index contributed by atoms with van der Waals surface area (Å²) in [5.74, 6) is 1.12. The maximum atomic E-state index is 12.1. The van der Waals surface area contributed by atoms with Crippen molar-refractivity contribution in [1.82, 2.24) is 19.6 Å². The molecule has 90 valence electrons. The molecule has 2 aromatic heterocycles. The third-order valence-electron chi connectivity index (χ3n) is 2.91. The van der Waals surface area contributed by atoms with Crippen LogP contribution in [0, 0.1) is 13.8 Å². The number of aromatic amines is 1. The number of aryl methyl sites for hydroxylation is 2. The molecule has 3 rings (SSSR count). The van der Waals surface area contributed by atoms with Gasteiger partial charge in [0, 0.05) is 0 Å². The molecule has 5 heteroatoms. The molecule has 0 bridgehead atoms. The van der Waals surface area contributed by atoms with E-state index in [2.05, 4.69) is 15.1 Å². The molecule has 0 fully saturated rings. The fraction of sp³-hybridized carbons (Fsp3) is 0.154. The number of fused-ring (bicyclic) bond motifs is 1. The number of nitrogens with one attached hydrogen (secondary N) is 1. The van der Waals surface area contributed by atoms with E-state index < -0.39 is 0 Å². The van der Waals surface area contributed by atoms with Gasteiger partial charge in [0.05, 0.1) is 11.3 Å². The van der Waals surface area contributed by atoms with Crippen molar-refractivity contribution in [1.29, 1.82) is 0 Å². The number of rotatable bonds is 1. The van der Waals surface area contributed by atoms with E-state index >= 15 is 0 Å². The van der Waals surface area contributed by atoms with Gasteiger partial charge in [-0.15, -0.1) is 0 Å². The van der Waals surface area contributed by atoms with E-state index in [1.54, 1.807) is 11.4 Å². The molecule has 0 saturated heterocycles. The lowest BCUT2D eigenvalue weighted by molar-refractivity contribution is 0.873. The van der Waals surface area contributed by atoms with Crippen molar-refractivity contribution in [3.63, 3.8) is 0 Å². The average Bonchev–Trinajstić information content (AvgIpc) is 2.71. The zero-order valence-corrected chi connectivity index (χ0v) is 10.1. The molecular formula is C13H12N4O. The Morgan fingerprint density at radius 2 is 1.89 bits per heavy atom. The van der Waals surface area contributed by atoms with Crippen LogP contribution in [0.15, 0.2) is 35.1 Å². The van der Waals surface area contributed by atoms with Crippen LogP contribution in [0.25, 0.3) is 16.9 Å². The van der Waals surface area contributed by atoms with Gasteiger partial charge < -0.3 is 0 Å². The Kier molecular flexibility index (Phi) is 2.26. The maximum absolute atomic E-state index is 12.1. The lowest BCUT2D eigenvalue weighted by atomic mass is 10.1. The Morgan fingerprint density at radius 3 is 2.61 bits per heavy atom. The van der Waals surface area contributed by atoms with Crippen LogP contribution >= 0.6 is 0 Å². The largest absolute Gasteiger partial charge is 0.290 e. The molecule has 0 spiro atoms. The van der Waals surface area contributed by atoms with Gasteiger partial charge in [-0.3, -0.25) is 9.78 Å². The Hall–Kier alpha value is -2.43. The van der Waals surface area contributed by atoms with Crippen LogP contribution in [0.2, 0.25) is 0 Å². The summed E-state index contributed by atoms with van der Waals surface area (Å²) in [4.78, 5) is 19.0. The number of hydrogen-bond acceptors (Lipinski definition) is 3. The summed E-state index contributed by atoms with van der Waals surface area (Å²) in [7, 11) is 0. The molecule has 1 N–H and O–H groups in total. The second-order valence-electron chi connectivity index (χ2n) is 4.17. The van der Waals surface area contributed by atoms with Crippen LogP contribution in [0.1, 0.15) is 11.5 Å². The van der Waals surface area contributed by atoms with Crippen molar-refractivity contribution >= 4 is 5.78 Å². The molecule has 1 aromatic carbocycles. The van der Waals surface area contributed by atoms with Crippen LogP contribution in [0.4, 0.5) is 0 Å². The van der Waals surface area contributed by atoms with Crippen LogP contribution in [-0.2, 0) is 0 Å². The lowest BCUT2D eigenvalue weighted by Gasteiger charge is -2.05. The smallest absolute Gasteiger partial charge is 0.260 e. The van der Waals surface area contributed by atoms with Gasteiger partial charge in [-0.05, 0) is 19.4 Å². The minimum absolute atomic E-state index is 0.140. The Balaban J connectivity index is 2.40. The number of H-pyrrole nitrogens is 1. The van der Waals surface area contributed by atoms with E-state index in [0.29, 0.717) is 17.2 Å². The first-order valence-corrected chi connectivity index (χ1v) is 5.68. The predicted molar refractivity (Wildman–Crippen MR) is 68.5 cm³/mol. The molecule has 0 radical (unpaired) electrons. The highest BCUT2D eigenvalue weighted by Crippen LogP contribution is 2.18. The average molecular weight is 240 g/mol. The quantitative estimate of drug-likeness (QED) is 0.704. The molecule has 0 aliphatic carbocycles. The van der Waals surface area contributed by atoms with Gasteiger partial charge in [0.2, 0.25) is 5.78 Å². The predicted octanol–water partition coefficient (Wildman–Crippen LogP) is 1.70. The first-order chi connectivity index (χ1) is 8.66. The molecular weight excluding hydrogens is 228 g/mol. The SMILES string of the molecule is Cc1nc2[nH]c(=O)c(-c3ccccc3)c(C)n2n1. The number of nitrogens with zero attached hydrogens (tertiary/aromatic N) is 3. The molecule has 3 aromatic rings. The lowest BCUT2D eigenvalue weighted by Crippen LogP contribution is -2.15. The van der Waals surface area contributed by atoms with E-state index in [-0.39, 0.29) is 5.56 Å². The van der Waals surface area contributed by atoms with Crippen LogP contribution in [0.3, 0.4) is 0 Å². The Bertz CT molecular complexity index is 771. The molecule has 18 heavy (non-hydrogen) atoms. The zero-order valence-electron chi connectivity index (χ0n) is 10.1. The highest BCUT2D eigenvalue weighted by molar-refractivity contribution is 5.65. The Morgan fingerprint density at radius 1 is 1.17 bits per heavy atom. The first kappa shape index (κ1) is 10.7. The van der Waals surface area contributed by atoms with Crippen molar-refractivity contribution in [3.05, 3.63) is 52.2 Å². The number of aromatic nitrogens is 4. The van der Waals surface area contributed by atoms with Gasteiger partial charge in [-0.2, -0.15) is 10.1 Å². The minimum atomic E-state index is -0.140. The van der Waals surface area contributed by atoms with E-state index in [0.717, 1.165) is 11.3 Å². The minimum Gasteiger partial charge on any atom is -0.290 e. The second kappa shape index (κ2) is 3.80. The molecule has 2 heterocycles. The molecule has 0 atom stereocenters. The van der Waals surface area contributed by atoms with Crippen molar-refractivity contribution in [2.75, 3.05) is 0 Å². The Labute approximate surface area is 103 Å². The van der Waals surface area contributed by atoms with Crippen molar-refractivity contribution in [2.24, 2.45) is 0 Å². The van der Waals surface area contributed by atoms with Gasteiger partial charge in [-0.25, -0.2) is 4.52 Å². The third kappa shape index (κ3) is 1.52. The molecule has 0 saturated carbocycles. The topological polar surface area (TPSA) is 63.0 Å². The third-order valence-corrected chi connectivity index (χ3v) is 2.91. The summed E-state index contributed by atoms with van der Waals surface area (Å²) in [5.41, 5.74) is 2.17. The summed E-state index contributed by atoms with van der Waals surface area (Å²) in [5, 5.41) is 4.28. The second-order valence-corrected chi connectivity index (χ2v) is 4.17. The van der Waals surface area contributed by atoms with Gasteiger partial charge in [-0.1, -0.05) is 30.3 Å². The number of hydrogen-bond donors (Lipinski definition) is 1. The van der Waals surface area contributed by atoms with E-state index in [1.807, 2.05) is 37.3 Å². The highest BCUT2D eigenvalue weighted by atomic mass is 16.1. The fourth-order valence-electron chi connectivity index (χ4n) is 2.11. The number of benzene rings is 1. The highest BCUT2D eigenvalue weighted by Gasteiger charge is 2.12. The molecule has 0 aliphatic rings. The maximum Gasteiger partial charge on any atom is 0.260 e. The zero-order chi connectivity index (χ0) is 12.7. The van der Waals surface area contributed by atoms with Crippen molar-refractivity contribution in [3.8, 4) is 11.1 Å². The van der Waals surface area contributed by atoms with Gasteiger partial charge in [0.25, 0.3) is 5.56 Å². The molecule has 5 nitrogen and oxygen atoms in total. The van der Waals surface area contributed by atoms with Gasteiger partial charge >= 0.3 is 0 Å². The summed E-state index contributed by atoms with van der Waals surface area (Å²) in [6.07, 6.45) is 0. The fourth-order valence-corrected chi connectivity index (χ4v) is 2.11. The van der Waals surface area contributed by atoms with Crippen molar-refractivity contribution in [2.45, 2.75) is 13.8 Å². The monoisotopic (exact) mass is 240 g/mol. The molecule has 0 aliphatic heterocycles. The summed E-state index contributed by atoms with van der Waals surface area (Å²) in [6, 6.07) is 9.56. The summed E-state index contributed by atoms with van der Waals surface area (Å²) >= 11 is 0. The van der Waals surface area contributed by atoms with E-state index in [9.17, 15) is 4.79 Å². The van der Waals surface area contributed by atoms with Gasteiger partial charge in [0.15, 0.2) is 0 Å². The normalized spacial score (nSPS) is 11.0. The van der Waals surface area contributed by atoms with Crippen LogP contribution < -0.4 is 5.56 Å². The standard InChI is InChI=1S/C13H12N4O/c1-8-11(10-6-4-3-5-7-10)12(18)15-13-14-9(2)16-17(8)13/h3-7H,1-2H3,(H,14,15,16,18). The summed E-state index contributed by atoms with van der Waals surface area (Å²) in [6.45, 7) is 3.67.